The van der Waals surface area contributed by atoms with Crippen molar-refractivity contribution >= 4 is 17.4 Å². The third-order valence-corrected chi connectivity index (χ3v) is 2.64. The van der Waals surface area contributed by atoms with Crippen LogP contribution >= 0.6 is 11.6 Å². The van der Waals surface area contributed by atoms with Gasteiger partial charge < -0.3 is 15.2 Å². The Labute approximate surface area is 116 Å². The zero-order valence-corrected chi connectivity index (χ0v) is 11.4. The number of halogens is 1. The van der Waals surface area contributed by atoms with Crippen molar-refractivity contribution in [2.45, 2.75) is 13.5 Å². The largest absolute Gasteiger partial charge is 0.437 e. The van der Waals surface area contributed by atoms with Crippen molar-refractivity contribution in [3.63, 3.8) is 0 Å². The molecular formula is C13H14ClN3O2. The molecule has 5 nitrogen and oxygen atoms in total. The molecule has 2 N–H and O–H groups in total. The van der Waals surface area contributed by atoms with E-state index in [9.17, 15) is 0 Å². The lowest BCUT2D eigenvalue weighted by atomic mass is 10.2. The smallest absolute Gasteiger partial charge is 0.224 e. The first kappa shape index (κ1) is 13.6. The van der Waals surface area contributed by atoms with Crippen LogP contribution in [0, 0.1) is 6.92 Å². The summed E-state index contributed by atoms with van der Waals surface area (Å²) >= 11 is 6.10. The fourth-order valence-electron chi connectivity index (χ4n) is 1.54. The maximum Gasteiger partial charge on any atom is 0.224 e. The van der Waals surface area contributed by atoms with Crippen LogP contribution in [0.25, 0.3) is 0 Å². The van der Waals surface area contributed by atoms with Crippen LogP contribution in [0.3, 0.4) is 0 Å². The van der Waals surface area contributed by atoms with E-state index >= 15 is 0 Å². The van der Waals surface area contributed by atoms with Gasteiger partial charge in [-0.15, -0.1) is 0 Å². The third-order valence-electron chi connectivity index (χ3n) is 2.34. The minimum absolute atomic E-state index is 0.267. The quantitative estimate of drug-likeness (QED) is 0.932. The number of rotatable bonds is 4. The molecule has 1 aromatic carbocycles. The van der Waals surface area contributed by atoms with Gasteiger partial charge in [0.25, 0.3) is 0 Å². The van der Waals surface area contributed by atoms with Gasteiger partial charge in [-0.2, -0.15) is 4.98 Å². The summed E-state index contributed by atoms with van der Waals surface area (Å²) in [6.07, 6.45) is 0. The van der Waals surface area contributed by atoms with Crippen LogP contribution in [-0.2, 0) is 11.3 Å². The van der Waals surface area contributed by atoms with Crippen LogP contribution in [0.1, 0.15) is 11.4 Å². The average Bonchev–Trinajstić information content (AvgIpc) is 2.32. The van der Waals surface area contributed by atoms with E-state index in [0.29, 0.717) is 28.3 Å². The second-order valence-electron chi connectivity index (χ2n) is 4.02. The number of nitrogens with two attached hydrogens (primary N) is 1. The Bertz CT molecular complexity index is 590. The van der Waals surface area contributed by atoms with Crippen molar-refractivity contribution < 1.29 is 9.47 Å². The van der Waals surface area contributed by atoms with Crippen LogP contribution in [0.2, 0.25) is 5.02 Å². The van der Waals surface area contributed by atoms with Crippen molar-refractivity contribution in [3.05, 3.63) is 40.7 Å². The molecule has 0 amide bonds. The van der Waals surface area contributed by atoms with Crippen LogP contribution in [0.15, 0.2) is 24.3 Å². The number of hydrogen-bond acceptors (Lipinski definition) is 5. The molecule has 2 rings (SSSR count). The Morgan fingerprint density at radius 1 is 1.26 bits per heavy atom. The molecule has 2 aromatic rings. The maximum absolute atomic E-state index is 6.10. The lowest BCUT2D eigenvalue weighted by Gasteiger charge is -2.09. The molecule has 0 radical (unpaired) electrons. The van der Waals surface area contributed by atoms with Crippen LogP contribution in [0.4, 0.5) is 5.82 Å². The monoisotopic (exact) mass is 279 g/mol. The predicted octanol–water partition coefficient (Wildman–Crippen LogP) is 2.96. The molecule has 1 heterocycles. The molecule has 0 aliphatic carbocycles. The minimum atomic E-state index is 0.267. The Morgan fingerprint density at radius 3 is 2.74 bits per heavy atom. The first-order valence-corrected chi connectivity index (χ1v) is 6.02. The SMILES string of the molecule is COCc1nc(N)cc(Oc2ccc(C)cc2Cl)n1. The summed E-state index contributed by atoms with van der Waals surface area (Å²) < 4.78 is 10.6. The highest BCUT2D eigenvalue weighted by Crippen LogP contribution is 2.29. The summed E-state index contributed by atoms with van der Waals surface area (Å²) in [6, 6.07) is 7.04. The first-order chi connectivity index (χ1) is 9.08. The van der Waals surface area contributed by atoms with E-state index < -0.39 is 0 Å². The molecule has 0 unspecified atom stereocenters. The Balaban J connectivity index is 2.27. The van der Waals surface area contributed by atoms with Gasteiger partial charge in [-0.3, -0.25) is 0 Å². The number of benzene rings is 1. The molecule has 0 saturated carbocycles. The molecule has 0 aliphatic heterocycles. The summed E-state index contributed by atoms with van der Waals surface area (Å²) in [5.74, 6) is 1.64. The number of aromatic nitrogens is 2. The predicted molar refractivity (Wildman–Crippen MR) is 73.4 cm³/mol. The van der Waals surface area contributed by atoms with Crippen molar-refractivity contribution in [1.29, 1.82) is 0 Å². The number of aryl methyl sites for hydroxylation is 1. The fourth-order valence-corrected chi connectivity index (χ4v) is 1.81. The molecule has 0 fully saturated rings. The highest BCUT2D eigenvalue weighted by Gasteiger charge is 2.07. The van der Waals surface area contributed by atoms with Gasteiger partial charge in [-0.05, 0) is 24.6 Å². The molecule has 1 aromatic heterocycles. The molecule has 19 heavy (non-hydrogen) atoms. The highest BCUT2D eigenvalue weighted by atomic mass is 35.5. The highest BCUT2D eigenvalue weighted by molar-refractivity contribution is 6.32. The van der Waals surface area contributed by atoms with Gasteiger partial charge in [0, 0.05) is 13.2 Å². The molecular weight excluding hydrogens is 266 g/mol. The number of methoxy groups -OCH3 is 1. The molecule has 100 valence electrons. The summed E-state index contributed by atoms with van der Waals surface area (Å²) in [4.78, 5) is 8.22. The van der Waals surface area contributed by atoms with Gasteiger partial charge in [0.1, 0.15) is 18.2 Å². The molecule has 0 saturated heterocycles. The van der Waals surface area contributed by atoms with E-state index in [-0.39, 0.29) is 6.61 Å². The van der Waals surface area contributed by atoms with E-state index in [1.54, 1.807) is 13.2 Å². The van der Waals surface area contributed by atoms with Crippen molar-refractivity contribution in [2.75, 3.05) is 12.8 Å². The average molecular weight is 280 g/mol. The van der Waals surface area contributed by atoms with Crippen LogP contribution in [-0.4, -0.2) is 17.1 Å². The number of hydrogen-bond donors (Lipinski definition) is 1. The van der Waals surface area contributed by atoms with E-state index in [1.165, 1.54) is 6.07 Å². The van der Waals surface area contributed by atoms with E-state index in [0.717, 1.165) is 5.56 Å². The second-order valence-corrected chi connectivity index (χ2v) is 4.42. The van der Waals surface area contributed by atoms with Gasteiger partial charge in [0.15, 0.2) is 5.82 Å². The molecule has 0 aliphatic rings. The Morgan fingerprint density at radius 2 is 2.05 bits per heavy atom. The van der Waals surface area contributed by atoms with Gasteiger partial charge in [-0.1, -0.05) is 17.7 Å². The van der Waals surface area contributed by atoms with Crippen LogP contribution in [0.5, 0.6) is 11.6 Å². The van der Waals surface area contributed by atoms with Crippen LogP contribution < -0.4 is 10.5 Å². The van der Waals surface area contributed by atoms with Crippen molar-refractivity contribution in [1.82, 2.24) is 9.97 Å². The van der Waals surface area contributed by atoms with Gasteiger partial charge >= 0.3 is 0 Å². The Kier molecular flexibility index (Phi) is 4.19. The van der Waals surface area contributed by atoms with Crippen molar-refractivity contribution in [3.8, 4) is 11.6 Å². The van der Waals surface area contributed by atoms with Gasteiger partial charge in [0.2, 0.25) is 5.88 Å². The molecule has 6 heteroatoms. The third kappa shape index (κ3) is 3.56. The standard InChI is InChI=1S/C13H14ClN3O2/c1-8-3-4-10(9(14)5-8)19-13-6-11(15)16-12(17-13)7-18-2/h3-6H,7H2,1-2H3,(H2,15,16,17). The number of ether oxygens (including phenoxy) is 2. The molecule has 0 spiro atoms. The first-order valence-electron chi connectivity index (χ1n) is 5.65. The lowest BCUT2D eigenvalue weighted by molar-refractivity contribution is 0.177. The summed E-state index contributed by atoms with van der Waals surface area (Å²) in [7, 11) is 1.56. The van der Waals surface area contributed by atoms with Crippen molar-refractivity contribution in [2.24, 2.45) is 0 Å². The minimum Gasteiger partial charge on any atom is -0.437 e. The maximum atomic E-state index is 6.10. The zero-order chi connectivity index (χ0) is 13.8. The topological polar surface area (TPSA) is 70.3 Å². The molecule has 0 atom stereocenters. The number of nitrogen functional groups attached to an aromatic ring is 1. The number of anilines is 1. The number of nitrogens with zero attached hydrogens (tertiary/aromatic N) is 2. The summed E-state index contributed by atoms with van der Waals surface area (Å²) in [5.41, 5.74) is 6.74. The lowest BCUT2D eigenvalue weighted by Crippen LogP contribution is -2.02. The van der Waals surface area contributed by atoms with Gasteiger partial charge in [0.05, 0.1) is 5.02 Å². The van der Waals surface area contributed by atoms with Gasteiger partial charge in [-0.25, -0.2) is 4.98 Å². The summed E-state index contributed by atoms with van der Waals surface area (Å²) in [6.45, 7) is 2.22. The van der Waals surface area contributed by atoms with E-state index in [1.807, 2.05) is 19.1 Å². The van der Waals surface area contributed by atoms with E-state index in [4.69, 9.17) is 26.8 Å². The zero-order valence-electron chi connectivity index (χ0n) is 10.7. The second kappa shape index (κ2) is 5.86. The Hall–Kier alpha value is -1.85. The summed E-state index contributed by atoms with van der Waals surface area (Å²) in [5, 5.41) is 0.519. The normalized spacial score (nSPS) is 10.5. The van der Waals surface area contributed by atoms with E-state index in [2.05, 4.69) is 9.97 Å². The fraction of sp³-hybridized carbons (Fsp3) is 0.231. The molecule has 0 bridgehead atoms.